The van der Waals surface area contributed by atoms with Crippen LogP contribution in [0.25, 0.3) is 10.2 Å². The first-order valence-electron chi connectivity index (χ1n) is 5.55. The van der Waals surface area contributed by atoms with E-state index in [2.05, 4.69) is 24.1 Å². The Bertz CT molecular complexity index is 477. The van der Waals surface area contributed by atoms with Crippen molar-refractivity contribution >= 4 is 26.7 Å². The summed E-state index contributed by atoms with van der Waals surface area (Å²) in [5, 5.41) is 4.26. The quantitative estimate of drug-likeness (QED) is 0.869. The predicted molar refractivity (Wildman–Crippen MR) is 67.6 cm³/mol. The van der Waals surface area contributed by atoms with Crippen LogP contribution in [0.5, 0.6) is 0 Å². The minimum atomic E-state index is -0.203. The smallest absolute Gasteiger partial charge is 0.184 e. The van der Waals surface area contributed by atoms with Crippen LogP contribution in [-0.4, -0.2) is 11.0 Å². The highest BCUT2D eigenvalue weighted by atomic mass is 32.1. The van der Waals surface area contributed by atoms with Crippen LogP contribution >= 0.6 is 11.3 Å². The molecule has 0 bridgehead atoms. The number of hydrogen-bond acceptors (Lipinski definition) is 3. The molecule has 2 rings (SSSR count). The minimum Gasteiger partial charge on any atom is -0.359 e. The SMILES string of the molecule is CCC(CC)Nc1nc2ccc(F)cc2s1. The van der Waals surface area contributed by atoms with Gasteiger partial charge in [-0.05, 0) is 31.0 Å². The number of nitrogens with zero attached hydrogens (tertiary/aromatic N) is 1. The average molecular weight is 238 g/mol. The lowest BCUT2D eigenvalue weighted by Gasteiger charge is -2.12. The fourth-order valence-electron chi connectivity index (χ4n) is 1.63. The molecule has 0 saturated heterocycles. The lowest BCUT2D eigenvalue weighted by atomic mass is 10.2. The number of nitrogens with one attached hydrogen (secondary N) is 1. The van der Waals surface area contributed by atoms with Crippen LogP contribution in [-0.2, 0) is 0 Å². The number of thiazole rings is 1. The zero-order valence-corrected chi connectivity index (χ0v) is 10.3. The lowest BCUT2D eigenvalue weighted by Crippen LogP contribution is -2.16. The first-order chi connectivity index (χ1) is 7.72. The van der Waals surface area contributed by atoms with Gasteiger partial charge >= 0.3 is 0 Å². The van der Waals surface area contributed by atoms with Crippen molar-refractivity contribution in [1.29, 1.82) is 0 Å². The predicted octanol–water partition coefficient (Wildman–Crippen LogP) is 4.04. The molecule has 0 atom stereocenters. The normalized spacial score (nSPS) is 11.2. The topological polar surface area (TPSA) is 24.9 Å². The third kappa shape index (κ3) is 2.32. The summed E-state index contributed by atoms with van der Waals surface area (Å²) in [5.41, 5.74) is 0.861. The maximum atomic E-state index is 13.0. The fourth-order valence-corrected chi connectivity index (χ4v) is 2.60. The zero-order valence-electron chi connectivity index (χ0n) is 9.46. The molecule has 2 nitrogen and oxygen atoms in total. The summed E-state index contributed by atoms with van der Waals surface area (Å²) in [5.74, 6) is -0.203. The van der Waals surface area contributed by atoms with Crippen molar-refractivity contribution in [3.63, 3.8) is 0 Å². The molecule has 0 radical (unpaired) electrons. The van der Waals surface area contributed by atoms with Gasteiger partial charge in [0.25, 0.3) is 0 Å². The van der Waals surface area contributed by atoms with Gasteiger partial charge in [0.05, 0.1) is 10.2 Å². The Labute approximate surface area is 98.5 Å². The lowest BCUT2D eigenvalue weighted by molar-refractivity contribution is 0.630. The van der Waals surface area contributed by atoms with Gasteiger partial charge < -0.3 is 5.32 Å². The van der Waals surface area contributed by atoms with Gasteiger partial charge in [-0.1, -0.05) is 25.2 Å². The van der Waals surface area contributed by atoms with Crippen LogP contribution in [0, 0.1) is 5.82 Å². The van der Waals surface area contributed by atoms with Gasteiger partial charge in [-0.25, -0.2) is 9.37 Å². The minimum absolute atomic E-state index is 0.203. The summed E-state index contributed by atoms with van der Waals surface area (Å²) in [6.45, 7) is 4.29. The third-order valence-electron chi connectivity index (χ3n) is 2.66. The molecule has 1 aromatic heterocycles. The molecular weight excluding hydrogens is 223 g/mol. The molecule has 0 aliphatic carbocycles. The number of fused-ring (bicyclic) bond motifs is 1. The van der Waals surface area contributed by atoms with Crippen molar-refractivity contribution < 1.29 is 4.39 Å². The Kier molecular flexibility index (Phi) is 3.39. The third-order valence-corrected chi connectivity index (χ3v) is 3.61. The van der Waals surface area contributed by atoms with Crippen molar-refractivity contribution in [2.45, 2.75) is 32.7 Å². The molecule has 1 heterocycles. The van der Waals surface area contributed by atoms with E-state index in [9.17, 15) is 4.39 Å². The highest BCUT2D eigenvalue weighted by Crippen LogP contribution is 2.27. The maximum Gasteiger partial charge on any atom is 0.184 e. The van der Waals surface area contributed by atoms with E-state index in [1.54, 1.807) is 6.07 Å². The monoisotopic (exact) mass is 238 g/mol. The van der Waals surface area contributed by atoms with Crippen molar-refractivity contribution in [2.24, 2.45) is 0 Å². The molecule has 4 heteroatoms. The Morgan fingerprint density at radius 1 is 1.38 bits per heavy atom. The van der Waals surface area contributed by atoms with Crippen molar-refractivity contribution in [3.05, 3.63) is 24.0 Å². The second-order valence-electron chi connectivity index (χ2n) is 3.79. The Morgan fingerprint density at radius 2 is 2.12 bits per heavy atom. The van der Waals surface area contributed by atoms with E-state index in [1.807, 2.05) is 0 Å². The van der Waals surface area contributed by atoms with Crippen LogP contribution in [0.3, 0.4) is 0 Å². The van der Waals surface area contributed by atoms with Crippen LogP contribution < -0.4 is 5.32 Å². The van der Waals surface area contributed by atoms with E-state index in [0.717, 1.165) is 28.2 Å². The fraction of sp³-hybridized carbons (Fsp3) is 0.417. The van der Waals surface area contributed by atoms with Gasteiger partial charge in [-0.15, -0.1) is 0 Å². The molecule has 0 unspecified atom stereocenters. The number of benzene rings is 1. The van der Waals surface area contributed by atoms with Crippen LogP contribution in [0.15, 0.2) is 18.2 Å². The molecular formula is C12H15FN2S. The largest absolute Gasteiger partial charge is 0.359 e. The molecule has 0 aliphatic rings. The number of hydrogen-bond donors (Lipinski definition) is 1. The second-order valence-corrected chi connectivity index (χ2v) is 4.82. The first-order valence-corrected chi connectivity index (χ1v) is 6.37. The van der Waals surface area contributed by atoms with Crippen molar-refractivity contribution in [3.8, 4) is 0 Å². The Balaban J connectivity index is 2.25. The molecule has 0 fully saturated rings. The van der Waals surface area contributed by atoms with Crippen LogP contribution in [0.4, 0.5) is 9.52 Å². The first kappa shape index (κ1) is 11.3. The van der Waals surface area contributed by atoms with Gasteiger partial charge in [0.2, 0.25) is 0 Å². The molecule has 0 spiro atoms. The summed E-state index contributed by atoms with van der Waals surface area (Å²) in [7, 11) is 0. The van der Waals surface area contributed by atoms with Gasteiger partial charge in [0, 0.05) is 6.04 Å². The second kappa shape index (κ2) is 4.78. The zero-order chi connectivity index (χ0) is 11.5. The van der Waals surface area contributed by atoms with E-state index in [-0.39, 0.29) is 5.82 Å². The maximum absolute atomic E-state index is 13.0. The Morgan fingerprint density at radius 3 is 2.81 bits per heavy atom. The summed E-state index contributed by atoms with van der Waals surface area (Å²) < 4.78 is 13.9. The standard InChI is InChI=1S/C12H15FN2S/c1-3-9(4-2)14-12-15-10-6-5-8(13)7-11(10)16-12/h5-7,9H,3-4H2,1-2H3,(H,14,15). The molecule has 0 amide bonds. The van der Waals surface area contributed by atoms with E-state index in [4.69, 9.17) is 0 Å². The summed E-state index contributed by atoms with van der Waals surface area (Å²) in [6.07, 6.45) is 2.14. The highest BCUT2D eigenvalue weighted by Gasteiger charge is 2.08. The number of halogens is 1. The highest BCUT2D eigenvalue weighted by molar-refractivity contribution is 7.22. The number of aromatic nitrogens is 1. The van der Waals surface area contributed by atoms with Crippen molar-refractivity contribution in [1.82, 2.24) is 4.98 Å². The molecule has 1 aromatic carbocycles. The average Bonchev–Trinajstić information content (AvgIpc) is 2.67. The van der Waals surface area contributed by atoms with E-state index in [1.165, 1.54) is 23.5 Å². The van der Waals surface area contributed by atoms with E-state index < -0.39 is 0 Å². The van der Waals surface area contributed by atoms with E-state index >= 15 is 0 Å². The van der Waals surface area contributed by atoms with Gasteiger partial charge in [-0.3, -0.25) is 0 Å². The number of rotatable bonds is 4. The number of anilines is 1. The summed E-state index contributed by atoms with van der Waals surface area (Å²) in [6, 6.07) is 5.15. The Hall–Kier alpha value is -1.16. The molecule has 2 aromatic rings. The van der Waals surface area contributed by atoms with E-state index in [0.29, 0.717) is 6.04 Å². The van der Waals surface area contributed by atoms with Crippen molar-refractivity contribution in [2.75, 3.05) is 5.32 Å². The van der Waals surface area contributed by atoms with Gasteiger partial charge in [0.15, 0.2) is 5.13 Å². The molecule has 0 saturated carbocycles. The summed E-state index contributed by atoms with van der Waals surface area (Å²) in [4.78, 5) is 4.43. The molecule has 0 aliphatic heterocycles. The van der Waals surface area contributed by atoms with Crippen LogP contribution in [0.2, 0.25) is 0 Å². The van der Waals surface area contributed by atoms with Crippen LogP contribution in [0.1, 0.15) is 26.7 Å². The molecule has 16 heavy (non-hydrogen) atoms. The molecule has 1 N–H and O–H groups in total. The molecule has 86 valence electrons. The van der Waals surface area contributed by atoms with Gasteiger partial charge in [0.1, 0.15) is 5.82 Å². The summed E-state index contributed by atoms with van der Waals surface area (Å²) >= 11 is 1.51. The van der Waals surface area contributed by atoms with Gasteiger partial charge in [-0.2, -0.15) is 0 Å².